The average molecular weight is 188 g/mol. The van der Waals surface area contributed by atoms with E-state index in [2.05, 4.69) is 10.2 Å². The van der Waals surface area contributed by atoms with E-state index in [1.165, 1.54) is 0 Å². The molecule has 0 aliphatic carbocycles. The van der Waals surface area contributed by atoms with Gasteiger partial charge in [-0.05, 0) is 7.05 Å². The molecule has 0 saturated carbocycles. The molecule has 1 aliphatic heterocycles. The van der Waals surface area contributed by atoms with Gasteiger partial charge >= 0.3 is 0 Å². The minimum atomic E-state index is 0.806. The Morgan fingerprint density at radius 3 is 2.77 bits per heavy atom. The zero-order chi connectivity index (χ0) is 9.36. The molecule has 1 rings (SSSR count). The van der Waals surface area contributed by atoms with Gasteiger partial charge in [-0.1, -0.05) is 0 Å². The quantitative estimate of drug-likeness (QED) is 0.573. The molecule has 0 bridgehead atoms. The van der Waals surface area contributed by atoms with E-state index in [9.17, 15) is 0 Å². The van der Waals surface area contributed by atoms with E-state index in [-0.39, 0.29) is 0 Å². The van der Waals surface area contributed by atoms with Crippen LogP contribution in [-0.4, -0.2) is 64.6 Å². The van der Waals surface area contributed by atoms with Crippen molar-refractivity contribution in [3.63, 3.8) is 0 Å². The normalized spacial score (nSPS) is 19.2. The molecule has 0 aromatic carbocycles. The molecule has 0 spiro atoms. The lowest BCUT2D eigenvalue weighted by molar-refractivity contribution is 0.0209. The second-order valence-electron chi connectivity index (χ2n) is 3.17. The van der Waals surface area contributed by atoms with Crippen molar-refractivity contribution in [2.45, 2.75) is 0 Å². The highest BCUT2D eigenvalue weighted by atomic mass is 16.5. The first-order valence-corrected chi connectivity index (χ1v) is 4.96. The van der Waals surface area contributed by atoms with Crippen LogP contribution >= 0.6 is 0 Å². The zero-order valence-electron chi connectivity index (χ0n) is 8.42. The molecular weight excluding hydrogens is 168 g/mol. The first-order valence-electron chi connectivity index (χ1n) is 4.96. The van der Waals surface area contributed by atoms with E-state index in [0.29, 0.717) is 0 Å². The van der Waals surface area contributed by atoms with Crippen LogP contribution in [-0.2, 0) is 9.47 Å². The van der Waals surface area contributed by atoms with Gasteiger partial charge in [0.15, 0.2) is 0 Å². The molecular formula is C9H20N2O2. The van der Waals surface area contributed by atoms with Gasteiger partial charge in [0.25, 0.3) is 0 Å². The largest absolute Gasteiger partial charge is 0.379 e. The third kappa shape index (κ3) is 5.21. The third-order valence-corrected chi connectivity index (χ3v) is 2.15. The maximum absolute atomic E-state index is 5.43. The van der Waals surface area contributed by atoms with Crippen LogP contribution in [0.4, 0.5) is 0 Å². The van der Waals surface area contributed by atoms with E-state index >= 15 is 0 Å². The smallest absolute Gasteiger partial charge is 0.0594 e. The van der Waals surface area contributed by atoms with Gasteiger partial charge in [0.05, 0.1) is 26.4 Å². The van der Waals surface area contributed by atoms with Gasteiger partial charge in [-0.2, -0.15) is 0 Å². The molecule has 0 aromatic rings. The summed E-state index contributed by atoms with van der Waals surface area (Å²) in [4.78, 5) is 2.38. The van der Waals surface area contributed by atoms with Crippen molar-refractivity contribution < 1.29 is 9.47 Å². The fraction of sp³-hybridized carbons (Fsp3) is 1.00. The molecule has 0 aromatic heterocycles. The highest BCUT2D eigenvalue weighted by Gasteiger charge is 2.08. The Labute approximate surface area is 80.2 Å². The van der Waals surface area contributed by atoms with Crippen LogP contribution in [0.5, 0.6) is 0 Å². The lowest BCUT2D eigenvalue weighted by atomic mass is 10.4. The summed E-state index contributed by atoms with van der Waals surface area (Å²) in [5, 5.41) is 3.05. The molecule has 1 heterocycles. The molecule has 4 heteroatoms. The number of ether oxygens (including phenoxy) is 2. The summed E-state index contributed by atoms with van der Waals surface area (Å²) in [5.41, 5.74) is 0. The van der Waals surface area contributed by atoms with Gasteiger partial charge < -0.3 is 14.8 Å². The summed E-state index contributed by atoms with van der Waals surface area (Å²) in [6.07, 6.45) is 0. The van der Waals surface area contributed by atoms with E-state index in [1.807, 2.05) is 7.05 Å². The maximum atomic E-state index is 5.43. The minimum Gasteiger partial charge on any atom is -0.379 e. The number of hydrogen-bond donors (Lipinski definition) is 1. The molecule has 0 atom stereocenters. The van der Waals surface area contributed by atoms with Crippen molar-refractivity contribution in [1.29, 1.82) is 0 Å². The van der Waals surface area contributed by atoms with Crippen LogP contribution in [0.25, 0.3) is 0 Å². The lowest BCUT2D eigenvalue weighted by Crippen LogP contribution is -2.38. The van der Waals surface area contributed by atoms with Crippen LogP contribution in [0.15, 0.2) is 0 Å². The van der Waals surface area contributed by atoms with E-state index in [1.54, 1.807) is 0 Å². The van der Waals surface area contributed by atoms with Gasteiger partial charge in [0, 0.05) is 26.2 Å². The summed E-state index contributed by atoms with van der Waals surface area (Å²) >= 11 is 0. The maximum Gasteiger partial charge on any atom is 0.0594 e. The van der Waals surface area contributed by atoms with Crippen molar-refractivity contribution in [1.82, 2.24) is 10.2 Å². The highest BCUT2D eigenvalue weighted by Crippen LogP contribution is 1.95. The van der Waals surface area contributed by atoms with Crippen LogP contribution in [0.3, 0.4) is 0 Å². The Morgan fingerprint density at radius 2 is 2.08 bits per heavy atom. The third-order valence-electron chi connectivity index (χ3n) is 2.15. The van der Waals surface area contributed by atoms with Gasteiger partial charge in [0.1, 0.15) is 0 Å². The average Bonchev–Trinajstić information content (AvgIpc) is 2.19. The van der Waals surface area contributed by atoms with Crippen molar-refractivity contribution in [3.8, 4) is 0 Å². The Balaban J connectivity index is 1.86. The SMILES string of the molecule is CNCCOCCN1CCOCC1. The topological polar surface area (TPSA) is 33.7 Å². The Morgan fingerprint density at radius 1 is 1.31 bits per heavy atom. The van der Waals surface area contributed by atoms with E-state index in [4.69, 9.17) is 9.47 Å². The zero-order valence-corrected chi connectivity index (χ0v) is 8.42. The van der Waals surface area contributed by atoms with Gasteiger partial charge in [0.2, 0.25) is 0 Å². The monoisotopic (exact) mass is 188 g/mol. The molecule has 78 valence electrons. The van der Waals surface area contributed by atoms with E-state index < -0.39 is 0 Å². The predicted octanol–water partition coefficient (Wildman–Crippen LogP) is -0.445. The van der Waals surface area contributed by atoms with Crippen LogP contribution < -0.4 is 5.32 Å². The van der Waals surface area contributed by atoms with Gasteiger partial charge in [-0.25, -0.2) is 0 Å². The number of nitrogens with one attached hydrogen (secondary N) is 1. The number of rotatable bonds is 6. The Bertz CT molecular complexity index is 116. The van der Waals surface area contributed by atoms with Gasteiger partial charge in [-0.15, -0.1) is 0 Å². The molecule has 1 N–H and O–H groups in total. The standard InChI is InChI=1S/C9H20N2O2/c1-10-2-6-12-7-3-11-4-8-13-9-5-11/h10H,2-9H2,1H3. The molecule has 1 aliphatic rings. The lowest BCUT2D eigenvalue weighted by Gasteiger charge is -2.26. The minimum absolute atomic E-state index is 0.806. The van der Waals surface area contributed by atoms with Gasteiger partial charge in [-0.3, -0.25) is 4.90 Å². The molecule has 0 unspecified atom stereocenters. The molecule has 4 nitrogen and oxygen atoms in total. The number of morpholine rings is 1. The van der Waals surface area contributed by atoms with Crippen molar-refractivity contribution >= 4 is 0 Å². The first-order chi connectivity index (χ1) is 6.43. The Kier molecular flexibility index (Phi) is 6.10. The number of nitrogens with zero attached hydrogens (tertiary/aromatic N) is 1. The second-order valence-corrected chi connectivity index (χ2v) is 3.17. The molecule has 1 fully saturated rings. The highest BCUT2D eigenvalue weighted by molar-refractivity contribution is 4.60. The summed E-state index contributed by atoms with van der Waals surface area (Å²) in [7, 11) is 1.94. The van der Waals surface area contributed by atoms with Crippen LogP contribution in [0, 0.1) is 0 Å². The summed E-state index contributed by atoms with van der Waals surface area (Å²) < 4.78 is 10.7. The second kappa shape index (κ2) is 7.26. The first kappa shape index (κ1) is 10.9. The van der Waals surface area contributed by atoms with Crippen LogP contribution in [0.2, 0.25) is 0 Å². The number of likely N-dealkylation sites (N-methyl/N-ethyl adjacent to an activating group) is 1. The van der Waals surface area contributed by atoms with Crippen molar-refractivity contribution in [3.05, 3.63) is 0 Å². The summed E-state index contributed by atoms with van der Waals surface area (Å²) in [5.74, 6) is 0. The molecule has 0 amide bonds. The van der Waals surface area contributed by atoms with Crippen LogP contribution in [0.1, 0.15) is 0 Å². The molecule has 13 heavy (non-hydrogen) atoms. The Hall–Kier alpha value is -0.160. The predicted molar refractivity (Wildman–Crippen MR) is 52.0 cm³/mol. The number of hydrogen-bond acceptors (Lipinski definition) is 4. The van der Waals surface area contributed by atoms with Crippen molar-refractivity contribution in [2.24, 2.45) is 0 Å². The van der Waals surface area contributed by atoms with Crippen molar-refractivity contribution in [2.75, 3.05) is 59.7 Å². The summed E-state index contributed by atoms with van der Waals surface area (Å²) in [6.45, 7) is 7.45. The summed E-state index contributed by atoms with van der Waals surface area (Å²) in [6, 6.07) is 0. The molecule has 0 radical (unpaired) electrons. The van der Waals surface area contributed by atoms with E-state index in [0.717, 1.165) is 52.6 Å². The fourth-order valence-corrected chi connectivity index (χ4v) is 1.29. The molecule has 1 saturated heterocycles. The fourth-order valence-electron chi connectivity index (χ4n) is 1.29.